The first kappa shape index (κ1) is 13.7. The smallest absolute Gasteiger partial charge is 0.242 e. The van der Waals surface area contributed by atoms with Crippen molar-refractivity contribution in [3.63, 3.8) is 0 Å². The van der Waals surface area contributed by atoms with Gasteiger partial charge in [-0.05, 0) is 18.6 Å². The van der Waals surface area contributed by atoms with Gasteiger partial charge < -0.3 is 4.74 Å². The van der Waals surface area contributed by atoms with Crippen molar-refractivity contribution in [3.05, 3.63) is 23.8 Å². The molecule has 0 fully saturated rings. The van der Waals surface area contributed by atoms with E-state index in [2.05, 4.69) is 0 Å². The molecule has 0 aliphatic carbocycles. The van der Waals surface area contributed by atoms with E-state index in [0.717, 1.165) is 0 Å². The lowest BCUT2D eigenvalue weighted by Gasteiger charge is -2.10. The summed E-state index contributed by atoms with van der Waals surface area (Å²) >= 11 is 0. The molecule has 0 amide bonds. The van der Waals surface area contributed by atoms with Gasteiger partial charge in [-0.1, -0.05) is 13.0 Å². The Labute approximate surface area is 101 Å². The summed E-state index contributed by atoms with van der Waals surface area (Å²) in [6.45, 7) is 1.84. The molecule has 0 atom stereocenters. The molecule has 6 heteroatoms. The Morgan fingerprint density at radius 2 is 2.06 bits per heavy atom. The topological polar surface area (TPSA) is 86.5 Å². The zero-order valence-corrected chi connectivity index (χ0v) is 10.6. The molecule has 1 rings (SSSR count). The van der Waals surface area contributed by atoms with Gasteiger partial charge in [-0.15, -0.1) is 0 Å². The van der Waals surface area contributed by atoms with E-state index in [1.165, 1.54) is 19.2 Å². The lowest BCUT2D eigenvalue weighted by molar-refractivity contribution is 0.0978. The van der Waals surface area contributed by atoms with E-state index >= 15 is 0 Å². The van der Waals surface area contributed by atoms with Crippen molar-refractivity contribution in [3.8, 4) is 5.75 Å². The number of ketones is 1. The Balaban J connectivity index is 3.46. The fourth-order valence-corrected chi connectivity index (χ4v) is 2.47. The zero-order valence-electron chi connectivity index (χ0n) is 9.76. The lowest BCUT2D eigenvalue weighted by atomic mass is 10.1. The number of carbonyl (C=O) groups is 1. The third-order valence-electron chi connectivity index (χ3n) is 2.26. The molecule has 2 N–H and O–H groups in total. The van der Waals surface area contributed by atoms with Crippen LogP contribution in [0.2, 0.25) is 0 Å². The molecule has 0 aliphatic rings. The van der Waals surface area contributed by atoms with E-state index < -0.39 is 10.0 Å². The van der Waals surface area contributed by atoms with Crippen LogP contribution in [0.4, 0.5) is 0 Å². The van der Waals surface area contributed by atoms with E-state index in [-0.39, 0.29) is 28.4 Å². The number of methoxy groups -OCH3 is 1. The number of carbonyl (C=O) groups excluding carboxylic acids is 1. The molecule has 94 valence electrons. The molecule has 1 aromatic carbocycles. The number of primary sulfonamides is 1. The highest BCUT2D eigenvalue weighted by molar-refractivity contribution is 7.89. The third-order valence-corrected chi connectivity index (χ3v) is 3.25. The van der Waals surface area contributed by atoms with Crippen molar-refractivity contribution >= 4 is 15.8 Å². The van der Waals surface area contributed by atoms with Crippen molar-refractivity contribution in [2.75, 3.05) is 7.11 Å². The van der Waals surface area contributed by atoms with Crippen LogP contribution in [0, 0.1) is 0 Å². The van der Waals surface area contributed by atoms with Crippen LogP contribution in [0.1, 0.15) is 30.1 Å². The maximum Gasteiger partial charge on any atom is 0.242 e. The molecular weight excluding hydrogens is 242 g/mol. The molecule has 1 aromatic rings. The summed E-state index contributed by atoms with van der Waals surface area (Å²) in [6.07, 6.45) is 0.912. The summed E-state index contributed by atoms with van der Waals surface area (Å²) in [7, 11) is -2.65. The summed E-state index contributed by atoms with van der Waals surface area (Å²) in [5.41, 5.74) is 0.0914. The van der Waals surface area contributed by atoms with Gasteiger partial charge in [0.2, 0.25) is 10.0 Å². The molecule has 0 aromatic heterocycles. The molecule has 0 heterocycles. The van der Waals surface area contributed by atoms with E-state index in [1.54, 1.807) is 6.07 Å². The van der Waals surface area contributed by atoms with Gasteiger partial charge in [-0.3, -0.25) is 4.79 Å². The third kappa shape index (κ3) is 3.04. The van der Waals surface area contributed by atoms with Crippen molar-refractivity contribution < 1.29 is 17.9 Å². The van der Waals surface area contributed by atoms with Crippen molar-refractivity contribution in [2.24, 2.45) is 5.14 Å². The molecule has 5 nitrogen and oxygen atoms in total. The highest BCUT2D eigenvalue weighted by Gasteiger charge is 2.23. The Morgan fingerprint density at radius 1 is 1.41 bits per heavy atom. The van der Waals surface area contributed by atoms with Crippen LogP contribution in [0.15, 0.2) is 23.1 Å². The van der Waals surface area contributed by atoms with Crippen LogP contribution < -0.4 is 9.88 Å². The summed E-state index contributed by atoms with van der Waals surface area (Å²) < 4.78 is 27.9. The first-order valence-electron chi connectivity index (χ1n) is 5.14. The summed E-state index contributed by atoms with van der Waals surface area (Å²) in [5, 5.41) is 5.11. The second-order valence-electron chi connectivity index (χ2n) is 3.56. The molecule has 0 aliphatic heterocycles. The largest absolute Gasteiger partial charge is 0.495 e. The minimum Gasteiger partial charge on any atom is -0.495 e. The average molecular weight is 257 g/mol. The highest BCUT2D eigenvalue weighted by atomic mass is 32.2. The lowest BCUT2D eigenvalue weighted by Crippen LogP contribution is -2.18. The van der Waals surface area contributed by atoms with Gasteiger partial charge >= 0.3 is 0 Å². The number of nitrogens with two attached hydrogens (primary N) is 1. The minimum absolute atomic E-state index is 0.0914. The molecule has 0 bridgehead atoms. The van der Waals surface area contributed by atoms with Crippen LogP contribution in [-0.2, 0) is 10.0 Å². The van der Waals surface area contributed by atoms with Gasteiger partial charge in [-0.2, -0.15) is 0 Å². The quantitative estimate of drug-likeness (QED) is 0.806. The maximum absolute atomic E-state index is 11.8. The molecule has 0 spiro atoms. The van der Waals surface area contributed by atoms with Gasteiger partial charge in [0.1, 0.15) is 10.6 Å². The van der Waals surface area contributed by atoms with Gasteiger partial charge in [0.05, 0.1) is 7.11 Å². The average Bonchev–Trinajstić information content (AvgIpc) is 2.27. The Hall–Kier alpha value is -1.40. The minimum atomic E-state index is -3.99. The first-order chi connectivity index (χ1) is 7.91. The number of hydrogen-bond acceptors (Lipinski definition) is 4. The maximum atomic E-state index is 11.8. The van der Waals surface area contributed by atoms with Crippen molar-refractivity contribution in [2.45, 2.75) is 24.7 Å². The van der Waals surface area contributed by atoms with E-state index in [9.17, 15) is 13.2 Å². The number of benzene rings is 1. The number of ether oxygens (including phenoxy) is 1. The van der Waals surface area contributed by atoms with Crippen molar-refractivity contribution in [1.82, 2.24) is 0 Å². The Bertz CT molecular complexity index is 522. The highest BCUT2D eigenvalue weighted by Crippen LogP contribution is 2.27. The van der Waals surface area contributed by atoms with Gasteiger partial charge in [0.15, 0.2) is 5.78 Å². The molecule has 0 saturated heterocycles. The van der Waals surface area contributed by atoms with Gasteiger partial charge in [-0.25, -0.2) is 13.6 Å². The second-order valence-corrected chi connectivity index (χ2v) is 5.05. The van der Waals surface area contributed by atoms with Crippen LogP contribution in [0.5, 0.6) is 5.75 Å². The van der Waals surface area contributed by atoms with E-state index in [4.69, 9.17) is 9.88 Å². The zero-order chi connectivity index (χ0) is 13.1. The first-order valence-corrected chi connectivity index (χ1v) is 6.69. The summed E-state index contributed by atoms with van der Waals surface area (Å²) in [4.78, 5) is 11.6. The SMILES string of the molecule is CCCC(=O)c1cccc(OC)c1S(N)(=O)=O. The normalized spacial score (nSPS) is 11.2. The predicted molar refractivity (Wildman–Crippen MR) is 63.6 cm³/mol. The summed E-state index contributed by atoms with van der Waals surface area (Å²) in [5.74, 6) is -0.162. The number of sulfonamides is 1. The van der Waals surface area contributed by atoms with Crippen LogP contribution in [0.3, 0.4) is 0 Å². The van der Waals surface area contributed by atoms with Crippen LogP contribution in [0.25, 0.3) is 0 Å². The monoisotopic (exact) mass is 257 g/mol. The van der Waals surface area contributed by atoms with Gasteiger partial charge in [0.25, 0.3) is 0 Å². The molecular formula is C11H15NO4S. The summed E-state index contributed by atoms with van der Waals surface area (Å²) in [6, 6.07) is 4.47. The van der Waals surface area contributed by atoms with E-state index in [0.29, 0.717) is 6.42 Å². The molecule has 0 saturated carbocycles. The van der Waals surface area contributed by atoms with Crippen LogP contribution >= 0.6 is 0 Å². The predicted octanol–water partition coefficient (Wildman–Crippen LogP) is 1.33. The number of hydrogen-bond donors (Lipinski definition) is 1. The van der Waals surface area contributed by atoms with Gasteiger partial charge in [0, 0.05) is 12.0 Å². The fourth-order valence-electron chi connectivity index (χ4n) is 1.55. The van der Waals surface area contributed by atoms with Crippen LogP contribution in [-0.4, -0.2) is 21.3 Å². The Kier molecular flexibility index (Phi) is 4.25. The Morgan fingerprint density at radius 3 is 2.53 bits per heavy atom. The number of Topliss-reactive ketones (excluding diaryl/α,β-unsaturated/α-hetero) is 1. The molecule has 0 radical (unpaired) electrons. The number of rotatable bonds is 5. The standard InChI is InChI=1S/C11H15NO4S/c1-3-5-9(13)8-6-4-7-10(16-2)11(8)17(12,14)15/h4,6-7H,3,5H2,1-2H3,(H2,12,14,15). The molecule has 0 unspecified atom stereocenters. The fraction of sp³-hybridized carbons (Fsp3) is 0.364. The van der Waals surface area contributed by atoms with E-state index in [1.807, 2.05) is 6.92 Å². The molecule has 17 heavy (non-hydrogen) atoms. The second kappa shape index (κ2) is 5.29. The van der Waals surface area contributed by atoms with Crippen molar-refractivity contribution in [1.29, 1.82) is 0 Å².